The van der Waals surface area contributed by atoms with Crippen molar-refractivity contribution in [2.75, 3.05) is 25.6 Å². The highest BCUT2D eigenvalue weighted by Gasteiger charge is 2.20. The van der Waals surface area contributed by atoms with Gasteiger partial charge in [0.1, 0.15) is 23.7 Å². The summed E-state index contributed by atoms with van der Waals surface area (Å²) in [6.45, 7) is 2.97. The number of anilines is 1. The van der Waals surface area contributed by atoms with Gasteiger partial charge in [0.25, 0.3) is 11.5 Å². The Bertz CT molecular complexity index is 1230. The zero-order valence-electron chi connectivity index (χ0n) is 17.8. The number of para-hydroxylation sites is 2. The van der Waals surface area contributed by atoms with Crippen molar-refractivity contribution < 1.29 is 23.9 Å². The summed E-state index contributed by atoms with van der Waals surface area (Å²) < 4.78 is 11.2. The number of rotatable bonds is 8. The van der Waals surface area contributed by atoms with Crippen LogP contribution in [0.2, 0.25) is 0 Å². The summed E-state index contributed by atoms with van der Waals surface area (Å²) in [7, 11) is 1.49. The molecule has 0 fully saturated rings. The minimum absolute atomic E-state index is 0.213. The average Bonchev–Trinajstić information content (AvgIpc) is 3.11. The third-order valence-corrected chi connectivity index (χ3v) is 5.72. The zero-order chi connectivity index (χ0) is 23.3. The average molecular weight is 458 g/mol. The minimum Gasteiger partial charge on any atom is -0.495 e. The van der Waals surface area contributed by atoms with Crippen LogP contribution in [-0.2, 0) is 20.9 Å². The molecule has 0 spiro atoms. The molecular weight excluding hydrogens is 436 g/mol. The molecule has 11 heteroatoms. The van der Waals surface area contributed by atoms with Gasteiger partial charge in [0.2, 0.25) is 5.91 Å². The number of amides is 2. The summed E-state index contributed by atoms with van der Waals surface area (Å²) in [5.41, 5.74) is 0.473. The van der Waals surface area contributed by atoms with Crippen molar-refractivity contribution in [2.45, 2.75) is 20.4 Å². The topological polar surface area (TPSA) is 129 Å². The van der Waals surface area contributed by atoms with Crippen LogP contribution in [0.25, 0.3) is 10.2 Å². The number of thiophene rings is 1. The first kappa shape index (κ1) is 22.9. The van der Waals surface area contributed by atoms with Crippen molar-refractivity contribution >= 4 is 45.0 Å². The van der Waals surface area contributed by atoms with Crippen molar-refractivity contribution in [1.29, 1.82) is 0 Å². The molecule has 0 radical (unpaired) electrons. The molecule has 3 rings (SSSR count). The van der Waals surface area contributed by atoms with Crippen LogP contribution >= 0.6 is 11.3 Å². The first-order chi connectivity index (χ1) is 15.3. The third-order valence-electron chi connectivity index (χ3n) is 4.52. The maximum Gasteiger partial charge on any atom is 0.325 e. The van der Waals surface area contributed by atoms with Crippen LogP contribution in [0.5, 0.6) is 5.75 Å². The predicted octanol–water partition coefficient (Wildman–Crippen LogP) is 1.71. The summed E-state index contributed by atoms with van der Waals surface area (Å²) in [5, 5.41) is 5.43. The van der Waals surface area contributed by atoms with E-state index in [-0.39, 0.29) is 30.0 Å². The molecular formula is C21H22N4O6S. The van der Waals surface area contributed by atoms with Gasteiger partial charge in [0, 0.05) is 0 Å². The number of fused-ring (bicyclic) bond motifs is 1. The molecule has 10 nitrogen and oxygen atoms in total. The van der Waals surface area contributed by atoms with E-state index in [0.29, 0.717) is 21.8 Å². The van der Waals surface area contributed by atoms with Gasteiger partial charge in [-0.1, -0.05) is 12.1 Å². The molecule has 32 heavy (non-hydrogen) atoms. The van der Waals surface area contributed by atoms with Crippen molar-refractivity contribution in [3.8, 4) is 5.75 Å². The van der Waals surface area contributed by atoms with Crippen molar-refractivity contribution in [3.63, 3.8) is 0 Å². The lowest BCUT2D eigenvalue weighted by Crippen LogP contribution is -2.30. The number of methoxy groups -OCH3 is 1. The number of benzene rings is 1. The number of esters is 1. The van der Waals surface area contributed by atoms with E-state index in [9.17, 15) is 19.2 Å². The van der Waals surface area contributed by atoms with Gasteiger partial charge in [-0.05, 0) is 31.5 Å². The van der Waals surface area contributed by atoms with Crippen LogP contribution in [-0.4, -0.2) is 47.6 Å². The fraction of sp³-hybridized carbons (Fsp3) is 0.286. The molecule has 168 valence electrons. The molecule has 2 aromatic heterocycles. The van der Waals surface area contributed by atoms with Crippen molar-refractivity contribution in [2.24, 2.45) is 0 Å². The number of nitrogens with zero attached hydrogens (tertiary/aromatic N) is 2. The van der Waals surface area contributed by atoms with Crippen LogP contribution in [0.3, 0.4) is 0 Å². The van der Waals surface area contributed by atoms with Gasteiger partial charge in [-0.2, -0.15) is 0 Å². The number of aryl methyl sites for hydroxylation is 1. The molecule has 3 aromatic rings. The molecule has 1 aromatic carbocycles. The maximum absolute atomic E-state index is 13.0. The number of hydrogen-bond donors (Lipinski definition) is 2. The molecule has 0 unspecified atom stereocenters. The summed E-state index contributed by atoms with van der Waals surface area (Å²) in [6.07, 6.45) is 1.27. The lowest BCUT2D eigenvalue weighted by Gasteiger charge is -2.10. The van der Waals surface area contributed by atoms with E-state index in [4.69, 9.17) is 9.47 Å². The Morgan fingerprint density at radius 2 is 1.97 bits per heavy atom. The third kappa shape index (κ3) is 4.94. The molecule has 0 saturated heterocycles. The highest BCUT2D eigenvalue weighted by molar-refractivity contribution is 7.20. The highest BCUT2D eigenvalue weighted by atomic mass is 32.1. The SMILES string of the molecule is CCOC(=O)CNC(=O)c1sc2ncn(CC(=O)Nc3ccccc3OC)c(=O)c2c1C. The number of nitrogens with one attached hydrogen (secondary N) is 2. The summed E-state index contributed by atoms with van der Waals surface area (Å²) >= 11 is 1.04. The largest absolute Gasteiger partial charge is 0.495 e. The van der Waals surface area contributed by atoms with Gasteiger partial charge in [0.15, 0.2) is 0 Å². The number of carbonyl (C=O) groups is 3. The first-order valence-electron chi connectivity index (χ1n) is 9.70. The Morgan fingerprint density at radius 3 is 2.69 bits per heavy atom. The van der Waals surface area contributed by atoms with E-state index in [1.165, 1.54) is 18.0 Å². The van der Waals surface area contributed by atoms with Crippen LogP contribution in [0, 0.1) is 6.92 Å². The Morgan fingerprint density at radius 1 is 1.22 bits per heavy atom. The Labute approximate surface area is 187 Å². The predicted molar refractivity (Wildman–Crippen MR) is 119 cm³/mol. The zero-order valence-corrected chi connectivity index (χ0v) is 18.6. The molecule has 2 heterocycles. The van der Waals surface area contributed by atoms with Crippen molar-refractivity contribution in [3.05, 3.63) is 51.4 Å². The Balaban J connectivity index is 1.80. The van der Waals surface area contributed by atoms with E-state index in [2.05, 4.69) is 15.6 Å². The van der Waals surface area contributed by atoms with Crippen LogP contribution in [0.15, 0.2) is 35.4 Å². The molecule has 0 aliphatic rings. The second kappa shape index (κ2) is 10.1. The maximum atomic E-state index is 13.0. The van der Waals surface area contributed by atoms with Gasteiger partial charge < -0.3 is 20.1 Å². The number of hydrogen-bond acceptors (Lipinski definition) is 8. The Kier molecular flexibility index (Phi) is 7.21. The number of ether oxygens (including phenoxy) is 2. The van der Waals surface area contributed by atoms with E-state index in [0.717, 1.165) is 11.3 Å². The van der Waals surface area contributed by atoms with Crippen LogP contribution in [0.4, 0.5) is 5.69 Å². The van der Waals surface area contributed by atoms with Gasteiger partial charge in [-0.25, -0.2) is 4.98 Å². The fourth-order valence-electron chi connectivity index (χ4n) is 3.03. The minimum atomic E-state index is -0.554. The molecule has 2 N–H and O–H groups in total. The van der Waals surface area contributed by atoms with E-state index >= 15 is 0 Å². The number of carbonyl (C=O) groups excluding carboxylic acids is 3. The summed E-state index contributed by atoms with van der Waals surface area (Å²) in [6, 6.07) is 6.92. The highest BCUT2D eigenvalue weighted by Crippen LogP contribution is 2.27. The van der Waals surface area contributed by atoms with Gasteiger partial charge >= 0.3 is 5.97 Å². The van der Waals surface area contributed by atoms with E-state index in [1.807, 2.05) is 0 Å². The second-order valence-electron chi connectivity index (χ2n) is 6.65. The number of aromatic nitrogens is 2. The molecule has 0 aliphatic carbocycles. The van der Waals surface area contributed by atoms with Gasteiger partial charge in [-0.15, -0.1) is 11.3 Å². The van der Waals surface area contributed by atoms with E-state index < -0.39 is 23.3 Å². The van der Waals surface area contributed by atoms with Crippen molar-refractivity contribution in [1.82, 2.24) is 14.9 Å². The lowest BCUT2D eigenvalue weighted by atomic mass is 10.2. The molecule has 0 saturated carbocycles. The van der Waals surface area contributed by atoms with Gasteiger partial charge in [-0.3, -0.25) is 23.7 Å². The summed E-state index contributed by atoms with van der Waals surface area (Å²) in [4.78, 5) is 54.2. The fourth-order valence-corrected chi connectivity index (χ4v) is 4.08. The summed E-state index contributed by atoms with van der Waals surface area (Å²) in [5.74, 6) is -0.994. The quantitative estimate of drug-likeness (QED) is 0.492. The lowest BCUT2D eigenvalue weighted by molar-refractivity contribution is -0.141. The normalized spacial score (nSPS) is 10.6. The first-order valence-corrected chi connectivity index (χ1v) is 10.5. The Hall–Kier alpha value is -3.73. The monoisotopic (exact) mass is 458 g/mol. The standard InChI is InChI=1S/C21H22N4O6S/c1-4-31-16(27)9-22-19(28)18-12(2)17-20(32-18)23-11-25(21(17)29)10-15(26)24-13-7-5-6-8-14(13)30-3/h5-8,11H,4,9-10H2,1-3H3,(H,22,28)(H,24,26). The molecule has 0 aliphatic heterocycles. The van der Waals surface area contributed by atoms with Gasteiger partial charge in [0.05, 0.1) is 36.0 Å². The smallest absolute Gasteiger partial charge is 0.325 e. The van der Waals surface area contributed by atoms with Crippen LogP contribution < -0.4 is 20.9 Å². The molecule has 0 bridgehead atoms. The van der Waals surface area contributed by atoms with Crippen LogP contribution in [0.1, 0.15) is 22.2 Å². The molecule has 0 atom stereocenters. The second-order valence-corrected chi connectivity index (χ2v) is 7.65. The van der Waals surface area contributed by atoms with E-state index in [1.54, 1.807) is 38.1 Å². The molecule has 2 amide bonds.